The highest BCUT2D eigenvalue weighted by atomic mass is 35.5. The van der Waals surface area contributed by atoms with Crippen LogP contribution in [-0.2, 0) is 6.42 Å². The van der Waals surface area contributed by atoms with Gasteiger partial charge in [0.25, 0.3) is 5.91 Å². The number of rotatable bonds is 3. The number of halogens is 1. The minimum Gasteiger partial charge on any atom is -0.338 e. The van der Waals surface area contributed by atoms with Gasteiger partial charge in [-0.25, -0.2) is 4.98 Å². The van der Waals surface area contributed by atoms with Crippen LogP contribution in [0.5, 0.6) is 0 Å². The van der Waals surface area contributed by atoms with E-state index in [1.54, 1.807) is 6.07 Å². The first-order valence-electron chi connectivity index (χ1n) is 7.45. The Morgan fingerprint density at radius 1 is 1.35 bits per heavy atom. The summed E-state index contributed by atoms with van der Waals surface area (Å²) >= 11 is 6.04. The molecular formula is C16H23ClN2O. The van der Waals surface area contributed by atoms with Gasteiger partial charge >= 0.3 is 0 Å². The van der Waals surface area contributed by atoms with Crippen LogP contribution < -0.4 is 0 Å². The summed E-state index contributed by atoms with van der Waals surface area (Å²) in [6, 6.07) is 3.58. The first-order chi connectivity index (χ1) is 9.49. The van der Waals surface area contributed by atoms with E-state index in [0.29, 0.717) is 22.6 Å². The second kappa shape index (κ2) is 6.57. The van der Waals surface area contributed by atoms with Crippen molar-refractivity contribution in [2.24, 2.45) is 11.8 Å². The van der Waals surface area contributed by atoms with Crippen molar-refractivity contribution in [2.75, 3.05) is 13.1 Å². The van der Waals surface area contributed by atoms with Gasteiger partial charge < -0.3 is 4.90 Å². The van der Waals surface area contributed by atoms with Gasteiger partial charge in [-0.15, -0.1) is 0 Å². The number of hydrogen-bond donors (Lipinski definition) is 0. The highest BCUT2D eigenvalue weighted by Gasteiger charge is 2.26. The number of pyridine rings is 1. The zero-order chi connectivity index (χ0) is 14.7. The van der Waals surface area contributed by atoms with E-state index in [9.17, 15) is 4.79 Å². The Balaban J connectivity index is 2.19. The molecule has 4 heteroatoms. The van der Waals surface area contributed by atoms with E-state index in [1.807, 2.05) is 11.0 Å². The molecule has 1 saturated heterocycles. The minimum atomic E-state index is 0.0880. The topological polar surface area (TPSA) is 33.2 Å². The van der Waals surface area contributed by atoms with Crippen LogP contribution in [-0.4, -0.2) is 28.9 Å². The van der Waals surface area contributed by atoms with Gasteiger partial charge in [-0.3, -0.25) is 4.79 Å². The number of hydrogen-bond acceptors (Lipinski definition) is 2. The maximum Gasteiger partial charge on any atom is 0.254 e. The molecular weight excluding hydrogens is 272 g/mol. The van der Waals surface area contributed by atoms with E-state index in [-0.39, 0.29) is 5.91 Å². The smallest absolute Gasteiger partial charge is 0.254 e. The van der Waals surface area contributed by atoms with Gasteiger partial charge in [0, 0.05) is 24.3 Å². The van der Waals surface area contributed by atoms with Gasteiger partial charge in [-0.05, 0) is 36.8 Å². The maximum absolute atomic E-state index is 12.6. The SMILES string of the molecule is CCCc1cc(C(=O)N2CC(C)CC(C)C2)cc(Cl)n1. The highest BCUT2D eigenvalue weighted by Crippen LogP contribution is 2.23. The Morgan fingerprint density at radius 2 is 2.00 bits per heavy atom. The molecule has 2 unspecified atom stereocenters. The highest BCUT2D eigenvalue weighted by molar-refractivity contribution is 6.29. The maximum atomic E-state index is 12.6. The summed E-state index contributed by atoms with van der Waals surface area (Å²) in [6.07, 6.45) is 3.05. The van der Waals surface area contributed by atoms with Crippen LogP contribution in [0.4, 0.5) is 0 Å². The lowest BCUT2D eigenvalue weighted by molar-refractivity contribution is 0.0623. The van der Waals surface area contributed by atoms with Crippen molar-refractivity contribution >= 4 is 17.5 Å². The van der Waals surface area contributed by atoms with Crippen molar-refractivity contribution in [3.63, 3.8) is 0 Å². The van der Waals surface area contributed by atoms with Crippen LogP contribution in [0.1, 0.15) is 49.7 Å². The van der Waals surface area contributed by atoms with Crippen LogP contribution >= 0.6 is 11.6 Å². The lowest BCUT2D eigenvalue weighted by atomic mass is 9.91. The summed E-state index contributed by atoms with van der Waals surface area (Å²) in [5.74, 6) is 1.22. The largest absolute Gasteiger partial charge is 0.338 e. The molecule has 20 heavy (non-hydrogen) atoms. The number of aryl methyl sites for hydroxylation is 1. The molecule has 0 radical (unpaired) electrons. The molecule has 2 heterocycles. The number of aromatic nitrogens is 1. The van der Waals surface area contributed by atoms with E-state index < -0.39 is 0 Å². The van der Waals surface area contributed by atoms with Crippen molar-refractivity contribution in [3.8, 4) is 0 Å². The summed E-state index contributed by atoms with van der Waals surface area (Å²) in [5.41, 5.74) is 1.58. The Bertz CT molecular complexity index is 479. The number of likely N-dealkylation sites (tertiary alicyclic amines) is 1. The molecule has 0 aromatic carbocycles. The van der Waals surface area contributed by atoms with Crippen molar-refractivity contribution in [3.05, 3.63) is 28.5 Å². The van der Waals surface area contributed by atoms with Crippen molar-refractivity contribution in [2.45, 2.75) is 40.0 Å². The predicted molar refractivity (Wildman–Crippen MR) is 82.1 cm³/mol. The fourth-order valence-electron chi connectivity index (χ4n) is 3.07. The van der Waals surface area contributed by atoms with E-state index >= 15 is 0 Å². The Kier molecular flexibility index (Phi) is 5.03. The zero-order valence-corrected chi connectivity index (χ0v) is 13.3. The molecule has 1 aliphatic heterocycles. The summed E-state index contributed by atoms with van der Waals surface area (Å²) in [5, 5.41) is 0.414. The van der Waals surface area contributed by atoms with Crippen molar-refractivity contribution in [1.82, 2.24) is 9.88 Å². The molecule has 1 amide bonds. The first kappa shape index (κ1) is 15.3. The quantitative estimate of drug-likeness (QED) is 0.794. The number of carbonyl (C=O) groups is 1. The normalized spacial score (nSPS) is 22.9. The van der Waals surface area contributed by atoms with Gasteiger partial charge in [-0.2, -0.15) is 0 Å². The number of nitrogens with zero attached hydrogens (tertiary/aromatic N) is 2. The third-order valence-electron chi connectivity index (χ3n) is 3.76. The second-order valence-corrected chi connectivity index (χ2v) is 6.46. The molecule has 0 bridgehead atoms. The zero-order valence-electron chi connectivity index (χ0n) is 12.5. The Labute approximate surface area is 126 Å². The number of piperidine rings is 1. The predicted octanol–water partition coefficient (Wildman–Crippen LogP) is 3.81. The van der Waals surface area contributed by atoms with E-state index in [2.05, 4.69) is 25.8 Å². The number of carbonyl (C=O) groups excluding carboxylic acids is 1. The van der Waals surface area contributed by atoms with Crippen molar-refractivity contribution in [1.29, 1.82) is 0 Å². The van der Waals surface area contributed by atoms with Crippen molar-refractivity contribution < 1.29 is 4.79 Å². The molecule has 3 nitrogen and oxygen atoms in total. The summed E-state index contributed by atoms with van der Waals surface area (Å²) in [7, 11) is 0. The van der Waals surface area contributed by atoms with E-state index in [0.717, 1.165) is 31.6 Å². The average molecular weight is 295 g/mol. The molecule has 0 N–H and O–H groups in total. The van der Waals surface area contributed by atoms with Gasteiger partial charge in [0.15, 0.2) is 0 Å². The van der Waals surface area contributed by atoms with E-state index in [1.165, 1.54) is 6.42 Å². The van der Waals surface area contributed by atoms with Crippen LogP contribution in [0, 0.1) is 11.8 Å². The molecule has 2 atom stereocenters. The molecule has 0 saturated carbocycles. The van der Waals surface area contributed by atoms with Crippen LogP contribution in [0.3, 0.4) is 0 Å². The molecule has 110 valence electrons. The lowest BCUT2D eigenvalue weighted by Gasteiger charge is -2.35. The van der Waals surface area contributed by atoms with Gasteiger partial charge in [-0.1, -0.05) is 38.8 Å². The molecule has 0 spiro atoms. The summed E-state index contributed by atoms with van der Waals surface area (Å²) in [4.78, 5) is 18.9. The molecule has 2 rings (SSSR count). The van der Waals surface area contributed by atoms with Gasteiger partial charge in [0.05, 0.1) is 0 Å². The van der Waals surface area contributed by atoms with Gasteiger partial charge in [0.2, 0.25) is 0 Å². The Hall–Kier alpha value is -1.09. The van der Waals surface area contributed by atoms with Gasteiger partial charge in [0.1, 0.15) is 5.15 Å². The fraction of sp³-hybridized carbons (Fsp3) is 0.625. The molecule has 1 fully saturated rings. The monoisotopic (exact) mass is 294 g/mol. The number of amides is 1. The lowest BCUT2D eigenvalue weighted by Crippen LogP contribution is -2.42. The second-order valence-electron chi connectivity index (χ2n) is 6.08. The molecule has 0 aliphatic carbocycles. The molecule has 1 aliphatic rings. The Morgan fingerprint density at radius 3 is 2.60 bits per heavy atom. The van der Waals surface area contributed by atoms with Crippen LogP contribution in [0.25, 0.3) is 0 Å². The third kappa shape index (κ3) is 3.72. The molecule has 1 aromatic rings. The first-order valence-corrected chi connectivity index (χ1v) is 7.83. The minimum absolute atomic E-state index is 0.0880. The van der Waals surface area contributed by atoms with Crippen LogP contribution in [0.2, 0.25) is 5.15 Å². The van der Waals surface area contributed by atoms with Crippen LogP contribution in [0.15, 0.2) is 12.1 Å². The fourth-order valence-corrected chi connectivity index (χ4v) is 3.30. The van der Waals surface area contributed by atoms with E-state index in [4.69, 9.17) is 11.6 Å². The average Bonchev–Trinajstić information content (AvgIpc) is 2.36. The molecule has 1 aromatic heterocycles. The summed E-state index contributed by atoms with van der Waals surface area (Å²) < 4.78 is 0. The summed E-state index contributed by atoms with van der Waals surface area (Å²) in [6.45, 7) is 8.19. The third-order valence-corrected chi connectivity index (χ3v) is 3.95. The standard InChI is InChI=1S/C16H23ClN2O/c1-4-5-14-7-13(8-15(17)18-14)16(20)19-9-11(2)6-12(3)10-19/h7-8,11-12H,4-6,9-10H2,1-3H3.